The summed E-state index contributed by atoms with van der Waals surface area (Å²) in [6, 6.07) is 13.5. The van der Waals surface area contributed by atoms with Gasteiger partial charge in [-0.05, 0) is 98.5 Å². The Labute approximate surface area is 205 Å². The van der Waals surface area contributed by atoms with Gasteiger partial charge in [-0.3, -0.25) is 0 Å². The van der Waals surface area contributed by atoms with E-state index in [0.29, 0.717) is 12.3 Å². The fraction of sp³-hybridized carbons (Fsp3) is 0.571. The molecule has 0 fully saturated rings. The summed E-state index contributed by atoms with van der Waals surface area (Å²) in [5.74, 6) is 1.12. The van der Waals surface area contributed by atoms with E-state index in [4.69, 9.17) is 4.74 Å². The smallest absolute Gasteiger partial charge is 0.123 e. The van der Waals surface area contributed by atoms with Crippen LogP contribution in [0.2, 0.25) is 0 Å². The summed E-state index contributed by atoms with van der Waals surface area (Å²) in [6.45, 7) is 8.98. The molecule has 0 amide bonds. The molecular formula is C28H41ClFNO2. The van der Waals surface area contributed by atoms with Crippen molar-refractivity contribution in [2.75, 3.05) is 19.7 Å². The van der Waals surface area contributed by atoms with Crippen LogP contribution in [0.4, 0.5) is 4.39 Å². The van der Waals surface area contributed by atoms with Crippen LogP contribution in [-0.2, 0) is 12.8 Å². The van der Waals surface area contributed by atoms with E-state index in [1.807, 2.05) is 6.07 Å². The van der Waals surface area contributed by atoms with E-state index in [9.17, 15) is 9.50 Å². The first-order valence-electron chi connectivity index (χ1n) is 12.4. The van der Waals surface area contributed by atoms with Gasteiger partial charge in [-0.1, -0.05) is 45.4 Å². The molecule has 33 heavy (non-hydrogen) atoms. The summed E-state index contributed by atoms with van der Waals surface area (Å²) in [4.78, 5) is 0. The van der Waals surface area contributed by atoms with Crippen LogP contribution in [0.5, 0.6) is 5.75 Å². The minimum atomic E-state index is -0.737. The molecule has 1 aliphatic rings. The molecule has 0 spiro atoms. The van der Waals surface area contributed by atoms with E-state index >= 15 is 0 Å². The van der Waals surface area contributed by atoms with Crippen LogP contribution < -0.4 is 10.1 Å². The van der Waals surface area contributed by atoms with Crippen molar-refractivity contribution >= 4 is 12.4 Å². The standard InChI is InChI=1S/C28H40FNO2.ClH/c1-4-5-19-32-25-11-8-22(9-12-25)7-6-17-30-18-16-28(31)15-14-23-20-24(29)10-13-26(23)27(28)21(2)3;/h8-13,20-21,27,30-31H,4-7,14-19H2,1-3H3;1H. The summed E-state index contributed by atoms with van der Waals surface area (Å²) in [5.41, 5.74) is 2.77. The maximum atomic E-state index is 13.7. The number of rotatable bonds is 12. The SMILES string of the molecule is CCCCOc1ccc(CCCNCCC2(O)CCc3cc(F)ccc3C2C(C)C)cc1.Cl. The van der Waals surface area contributed by atoms with E-state index in [-0.39, 0.29) is 24.1 Å². The number of ether oxygens (including phenoxy) is 1. The number of fused-ring (bicyclic) bond motifs is 1. The van der Waals surface area contributed by atoms with E-state index in [2.05, 4.69) is 50.4 Å². The number of aliphatic hydroxyl groups is 1. The summed E-state index contributed by atoms with van der Waals surface area (Å²) in [7, 11) is 0. The quantitative estimate of drug-likeness (QED) is 0.345. The molecule has 0 radical (unpaired) electrons. The topological polar surface area (TPSA) is 41.5 Å². The van der Waals surface area contributed by atoms with Crippen molar-refractivity contribution in [1.29, 1.82) is 0 Å². The van der Waals surface area contributed by atoms with Crippen LogP contribution in [0.3, 0.4) is 0 Å². The molecule has 2 unspecified atom stereocenters. The van der Waals surface area contributed by atoms with Gasteiger partial charge in [0.1, 0.15) is 11.6 Å². The lowest BCUT2D eigenvalue weighted by Crippen LogP contribution is -2.45. The average Bonchev–Trinajstić information content (AvgIpc) is 2.77. The summed E-state index contributed by atoms with van der Waals surface area (Å²) in [6.07, 6.45) is 6.48. The van der Waals surface area contributed by atoms with E-state index in [1.54, 1.807) is 6.07 Å². The summed E-state index contributed by atoms with van der Waals surface area (Å²) in [5, 5.41) is 15.0. The van der Waals surface area contributed by atoms with Crippen LogP contribution in [0.1, 0.15) is 75.5 Å². The van der Waals surface area contributed by atoms with Gasteiger partial charge in [0.15, 0.2) is 0 Å². The van der Waals surface area contributed by atoms with E-state index in [0.717, 1.165) is 75.1 Å². The second-order valence-corrected chi connectivity index (χ2v) is 9.62. The third-order valence-corrected chi connectivity index (χ3v) is 6.76. The van der Waals surface area contributed by atoms with Crippen molar-refractivity contribution in [1.82, 2.24) is 5.32 Å². The van der Waals surface area contributed by atoms with E-state index < -0.39 is 5.60 Å². The van der Waals surface area contributed by atoms with Gasteiger partial charge >= 0.3 is 0 Å². The minimum Gasteiger partial charge on any atom is -0.494 e. The Morgan fingerprint density at radius 1 is 1.12 bits per heavy atom. The predicted octanol–water partition coefficient (Wildman–Crippen LogP) is 6.46. The number of hydrogen-bond acceptors (Lipinski definition) is 3. The molecule has 0 bridgehead atoms. The van der Waals surface area contributed by atoms with Crippen LogP contribution >= 0.6 is 12.4 Å². The van der Waals surface area contributed by atoms with Crippen molar-refractivity contribution in [2.24, 2.45) is 5.92 Å². The van der Waals surface area contributed by atoms with E-state index in [1.165, 1.54) is 11.6 Å². The highest BCUT2D eigenvalue weighted by Gasteiger charge is 2.42. The lowest BCUT2D eigenvalue weighted by atomic mass is 9.66. The molecule has 0 saturated heterocycles. The maximum absolute atomic E-state index is 13.7. The lowest BCUT2D eigenvalue weighted by molar-refractivity contribution is -0.0241. The first-order valence-corrected chi connectivity index (χ1v) is 12.4. The average molecular weight is 478 g/mol. The van der Waals surface area contributed by atoms with Crippen LogP contribution in [0.25, 0.3) is 0 Å². The Morgan fingerprint density at radius 2 is 1.88 bits per heavy atom. The first kappa shape index (κ1) is 27.6. The van der Waals surface area contributed by atoms with Crippen molar-refractivity contribution in [3.05, 3.63) is 65.0 Å². The fourth-order valence-electron chi connectivity index (χ4n) is 5.08. The van der Waals surface area contributed by atoms with Crippen LogP contribution in [0, 0.1) is 11.7 Å². The Morgan fingerprint density at radius 3 is 2.58 bits per heavy atom. The molecule has 0 saturated carbocycles. The number of aryl methyl sites for hydroxylation is 2. The van der Waals surface area contributed by atoms with Gasteiger partial charge < -0.3 is 15.2 Å². The molecule has 2 N–H and O–H groups in total. The Kier molecular flexibility index (Phi) is 11.1. The molecule has 2 aromatic rings. The molecule has 1 aliphatic carbocycles. The molecule has 0 aliphatic heterocycles. The Hall–Kier alpha value is -1.62. The maximum Gasteiger partial charge on any atom is 0.123 e. The zero-order valence-electron chi connectivity index (χ0n) is 20.4. The molecule has 184 valence electrons. The van der Waals surface area contributed by atoms with Crippen molar-refractivity contribution in [3.63, 3.8) is 0 Å². The highest BCUT2D eigenvalue weighted by atomic mass is 35.5. The van der Waals surface area contributed by atoms with Gasteiger partial charge in [-0.15, -0.1) is 12.4 Å². The first-order chi connectivity index (χ1) is 15.4. The predicted molar refractivity (Wildman–Crippen MR) is 137 cm³/mol. The number of hydrogen-bond donors (Lipinski definition) is 2. The molecule has 5 heteroatoms. The number of nitrogens with one attached hydrogen (secondary N) is 1. The number of halogens is 2. The minimum absolute atomic E-state index is 0. The lowest BCUT2D eigenvalue weighted by Gasteiger charge is -2.44. The third-order valence-electron chi connectivity index (χ3n) is 6.76. The molecule has 0 heterocycles. The van der Waals surface area contributed by atoms with Crippen molar-refractivity contribution < 1.29 is 14.2 Å². The summed E-state index contributed by atoms with van der Waals surface area (Å²) >= 11 is 0. The molecule has 2 aromatic carbocycles. The molecule has 0 aromatic heterocycles. The van der Waals surface area contributed by atoms with Crippen molar-refractivity contribution in [2.45, 2.75) is 77.2 Å². The molecular weight excluding hydrogens is 437 g/mol. The zero-order chi connectivity index (χ0) is 23.0. The van der Waals surface area contributed by atoms with Gasteiger partial charge in [0, 0.05) is 5.92 Å². The highest BCUT2D eigenvalue weighted by molar-refractivity contribution is 5.85. The van der Waals surface area contributed by atoms with Crippen LogP contribution in [-0.4, -0.2) is 30.4 Å². The third kappa shape index (κ3) is 7.70. The van der Waals surface area contributed by atoms with Crippen molar-refractivity contribution in [3.8, 4) is 5.75 Å². The van der Waals surface area contributed by atoms with Gasteiger partial charge in [-0.2, -0.15) is 0 Å². The Bertz CT molecular complexity index is 842. The molecule has 3 nitrogen and oxygen atoms in total. The monoisotopic (exact) mass is 477 g/mol. The Balaban J connectivity index is 0.00000385. The number of benzene rings is 2. The second kappa shape index (κ2) is 13.3. The highest BCUT2D eigenvalue weighted by Crippen LogP contribution is 2.45. The van der Waals surface area contributed by atoms with Crippen LogP contribution in [0.15, 0.2) is 42.5 Å². The summed E-state index contributed by atoms with van der Waals surface area (Å²) < 4.78 is 19.4. The largest absolute Gasteiger partial charge is 0.494 e. The van der Waals surface area contributed by atoms with Gasteiger partial charge in [0.05, 0.1) is 12.2 Å². The van der Waals surface area contributed by atoms with Gasteiger partial charge in [0.25, 0.3) is 0 Å². The van der Waals surface area contributed by atoms with Gasteiger partial charge in [-0.25, -0.2) is 4.39 Å². The fourth-order valence-corrected chi connectivity index (χ4v) is 5.08. The van der Waals surface area contributed by atoms with Gasteiger partial charge in [0.2, 0.25) is 0 Å². The molecule has 3 rings (SSSR count). The zero-order valence-corrected chi connectivity index (χ0v) is 21.2. The molecule has 2 atom stereocenters. The number of unbranched alkanes of at least 4 members (excludes halogenated alkanes) is 1. The normalized spacial score (nSPS) is 19.8. The second-order valence-electron chi connectivity index (χ2n) is 9.62.